The highest BCUT2D eigenvalue weighted by molar-refractivity contribution is 7.18. The van der Waals surface area contributed by atoms with Gasteiger partial charge in [-0.25, -0.2) is 9.59 Å². The zero-order valence-electron chi connectivity index (χ0n) is 15.0. The summed E-state index contributed by atoms with van der Waals surface area (Å²) < 4.78 is 5.24. The molecule has 0 saturated carbocycles. The lowest BCUT2D eigenvalue weighted by molar-refractivity contribution is -0.139. The van der Waals surface area contributed by atoms with Crippen molar-refractivity contribution >= 4 is 29.0 Å². The SMILES string of the molecule is Cc1c(-c2cccc(NCc3cccnc3)c2)sc(C(=O)O)c1OCC(=O)O. The number of carbonyl (C=O) groups is 2. The summed E-state index contributed by atoms with van der Waals surface area (Å²) in [4.78, 5) is 27.1. The van der Waals surface area contributed by atoms with Crippen LogP contribution in [-0.2, 0) is 11.3 Å². The van der Waals surface area contributed by atoms with Gasteiger partial charge in [-0.15, -0.1) is 11.3 Å². The standard InChI is InChI=1S/C20H18N2O5S/c1-12-17(27-11-16(23)24)19(20(25)26)28-18(12)14-5-2-6-15(8-14)22-10-13-4-3-7-21-9-13/h2-9,22H,10-11H2,1H3,(H,23,24)(H,25,26). The Morgan fingerprint density at radius 1 is 1.21 bits per heavy atom. The molecule has 3 rings (SSSR count). The molecular weight excluding hydrogens is 380 g/mol. The van der Waals surface area contributed by atoms with Crippen molar-refractivity contribution in [2.24, 2.45) is 0 Å². The Kier molecular flexibility index (Phi) is 5.90. The fraction of sp³-hybridized carbons (Fsp3) is 0.150. The number of nitrogens with one attached hydrogen (secondary N) is 1. The third-order valence-corrected chi connectivity index (χ3v) is 5.28. The summed E-state index contributed by atoms with van der Waals surface area (Å²) in [6.45, 7) is 1.74. The number of hydrogen-bond acceptors (Lipinski definition) is 6. The summed E-state index contributed by atoms with van der Waals surface area (Å²) in [7, 11) is 0. The Bertz CT molecular complexity index is 1000. The molecule has 0 aliphatic carbocycles. The number of aromatic nitrogens is 1. The van der Waals surface area contributed by atoms with Gasteiger partial charge in [0.05, 0.1) is 0 Å². The van der Waals surface area contributed by atoms with Crippen LogP contribution < -0.4 is 10.1 Å². The van der Waals surface area contributed by atoms with Crippen molar-refractivity contribution in [3.8, 4) is 16.2 Å². The van der Waals surface area contributed by atoms with E-state index in [0.717, 1.165) is 33.0 Å². The number of anilines is 1. The van der Waals surface area contributed by atoms with Gasteiger partial charge in [0.15, 0.2) is 11.5 Å². The molecule has 3 N–H and O–H groups in total. The average molecular weight is 398 g/mol. The van der Waals surface area contributed by atoms with Crippen LogP contribution in [0.3, 0.4) is 0 Å². The van der Waals surface area contributed by atoms with E-state index in [4.69, 9.17) is 9.84 Å². The third kappa shape index (κ3) is 4.47. The molecule has 144 valence electrons. The highest BCUT2D eigenvalue weighted by atomic mass is 32.1. The molecule has 0 fully saturated rings. The number of carboxylic acids is 2. The zero-order chi connectivity index (χ0) is 20.1. The Labute approximate surface area is 165 Å². The summed E-state index contributed by atoms with van der Waals surface area (Å²) in [5, 5.41) is 21.6. The molecule has 28 heavy (non-hydrogen) atoms. The molecule has 0 aliphatic rings. The summed E-state index contributed by atoms with van der Waals surface area (Å²) in [6.07, 6.45) is 3.50. The van der Waals surface area contributed by atoms with Crippen LogP contribution in [0.1, 0.15) is 20.8 Å². The van der Waals surface area contributed by atoms with E-state index >= 15 is 0 Å². The Hall–Kier alpha value is -3.39. The maximum Gasteiger partial charge on any atom is 0.349 e. The van der Waals surface area contributed by atoms with Crippen LogP contribution in [0.2, 0.25) is 0 Å². The van der Waals surface area contributed by atoms with Gasteiger partial charge in [0.25, 0.3) is 0 Å². The van der Waals surface area contributed by atoms with E-state index in [1.807, 2.05) is 36.4 Å². The van der Waals surface area contributed by atoms with Crippen LogP contribution in [0.5, 0.6) is 5.75 Å². The van der Waals surface area contributed by atoms with E-state index < -0.39 is 18.5 Å². The van der Waals surface area contributed by atoms with Crippen LogP contribution >= 0.6 is 11.3 Å². The van der Waals surface area contributed by atoms with Crippen molar-refractivity contribution in [3.05, 3.63) is 64.8 Å². The molecule has 0 aliphatic heterocycles. The second kappa shape index (κ2) is 8.53. The van der Waals surface area contributed by atoms with Gasteiger partial charge in [0, 0.05) is 35.1 Å². The maximum absolute atomic E-state index is 11.6. The minimum atomic E-state index is -1.16. The van der Waals surface area contributed by atoms with Crippen molar-refractivity contribution in [3.63, 3.8) is 0 Å². The van der Waals surface area contributed by atoms with Crippen molar-refractivity contribution in [1.82, 2.24) is 4.98 Å². The number of rotatable bonds is 8. The van der Waals surface area contributed by atoms with E-state index in [-0.39, 0.29) is 10.6 Å². The highest BCUT2D eigenvalue weighted by Crippen LogP contribution is 2.42. The molecule has 2 aromatic heterocycles. The van der Waals surface area contributed by atoms with Gasteiger partial charge in [-0.1, -0.05) is 18.2 Å². The van der Waals surface area contributed by atoms with Gasteiger partial charge in [-0.3, -0.25) is 4.98 Å². The third-order valence-electron chi connectivity index (χ3n) is 3.97. The van der Waals surface area contributed by atoms with Crippen molar-refractivity contribution in [1.29, 1.82) is 0 Å². The van der Waals surface area contributed by atoms with E-state index in [1.165, 1.54) is 0 Å². The molecule has 2 heterocycles. The van der Waals surface area contributed by atoms with E-state index in [0.29, 0.717) is 12.1 Å². The van der Waals surface area contributed by atoms with E-state index in [1.54, 1.807) is 19.3 Å². The molecule has 0 radical (unpaired) electrons. The normalized spacial score (nSPS) is 10.5. The number of nitrogens with zero attached hydrogens (tertiary/aromatic N) is 1. The number of ether oxygens (including phenoxy) is 1. The molecule has 3 aromatic rings. The number of benzene rings is 1. The lowest BCUT2D eigenvalue weighted by Crippen LogP contribution is -2.11. The number of aliphatic carboxylic acids is 1. The number of aromatic carboxylic acids is 1. The van der Waals surface area contributed by atoms with Crippen LogP contribution in [-0.4, -0.2) is 33.7 Å². The predicted molar refractivity (Wildman–Crippen MR) is 106 cm³/mol. The summed E-state index contributed by atoms with van der Waals surface area (Å²) >= 11 is 1.07. The van der Waals surface area contributed by atoms with Gasteiger partial charge >= 0.3 is 11.9 Å². The summed E-state index contributed by atoms with van der Waals surface area (Å²) in [5.41, 5.74) is 3.34. The van der Waals surface area contributed by atoms with Gasteiger partial charge in [0.2, 0.25) is 0 Å². The first-order valence-electron chi connectivity index (χ1n) is 8.40. The zero-order valence-corrected chi connectivity index (χ0v) is 15.8. The second-order valence-corrected chi connectivity index (χ2v) is 7.02. The highest BCUT2D eigenvalue weighted by Gasteiger charge is 2.23. The van der Waals surface area contributed by atoms with Crippen LogP contribution in [0, 0.1) is 6.92 Å². The minimum absolute atomic E-state index is 0.0116. The first-order valence-corrected chi connectivity index (χ1v) is 9.22. The molecule has 0 saturated heterocycles. The average Bonchev–Trinajstić information content (AvgIpc) is 3.02. The first-order chi connectivity index (χ1) is 13.5. The minimum Gasteiger partial charge on any atom is -0.480 e. The molecule has 0 amide bonds. The van der Waals surface area contributed by atoms with Crippen molar-refractivity contribution < 1.29 is 24.5 Å². The summed E-state index contributed by atoms with van der Waals surface area (Å²) in [6, 6.07) is 11.4. The molecule has 0 bridgehead atoms. The predicted octanol–water partition coefficient (Wildman–Crippen LogP) is 3.89. The molecular formula is C20H18N2O5S. The van der Waals surface area contributed by atoms with E-state index in [2.05, 4.69) is 10.3 Å². The molecule has 1 aromatic carbocycles. The fourth-order valence-corrected chi connectivity index (χ4v) is 3.79. The number of pyridine rings is 1. The molecule has 0 spiro atoms. The molecule has 7 nitrogen and oxygen atoms in total. The summed E-state index contributed by atoms with van der Waals surface area (Å²) in [5.74, 6) is -2.21. The number of hydrogen-bond donors (Lipinski definition) is 3. The lowest BCUT2D eigenvalue weighted by atomic mass is 10.1. The monoisotopic (exact) mass is 398 g/mol. The first kappa shape index (κ1) is 19.4. The number of carboxylic acid groups (broad SMARTS) is 2. The largest absolute Gasteiger partial charge is 0.480 e. The molecule has 0 atom stereocenters. The molecule has 0 unspecified atom stereocenters. The van der Waals surface area contributed by atoms with Crippen molar-refractivity contribution in [2.45, 2.75) is 13.5 Å². The van der Waals surface area contributed by atoms with Gasteiger partial charge in [-0.2, -0.15) is 0 Å². The fourth-order valence-electron chi connectivity index (χ4n) is 2.70. The second-order valence-electron chi connectivity index (χ2n) is 6.00. The Balaban J connectivity index is 1.87. The Morgan fingerprint density at radius 2 is 2.04 bits per heavy atom. The van der Waals surface area contributed by atoms with Crippen LogP contribution in [0.25, 0.3) is 10.4 Å². The molecule has 8 heteroatoms. The van der Waals surface area contributed by atoms with Crippen molar-refractivity contribution in [2.75, 3.05) is 11.9 Å². The van der Waals surface area contributed by atoms with E-state index in [9.17, 15) is 14.7 Å². The maximum atomic E-state index is 11.6. The van der Waals surface area contributed by atoms with Crippen LogP contribution in [0.15, 0.2) is 48.8 Å². The van der Waals surface area contributed by atoms with Gasteiger partial charge in [0.1, 0.15) is 5.75 Å². The lowest BCUT2D eigenvalue weighted by Gasteiger charge is -2.09. The topological polar surface area (TPSA) is 109 Å². The number of thiophene rings is 1. The smallest absolute Gasteiger partial charge is 0.349 e. The van der Waals surface area contributed by atoms with Gasteiger partial charge < -0.3 is 20.3 Å². The van der Waals surface area contributed by atoms with Gasteiger partial charge in [-0.05, 0) is 36.2 Å². The van der Waals surface area contributed by atoms with Crippen LogP contribution in [0.4, 0.5) is 5.69 Å². The Morgan fingerprint density at radius 3 is 2.71 bits per heavy atom. The quantitative estimate of drug-likeness (QED) is 0.528.